The summed E-state index contributed by atoms with van der Waals surface area (Å²) in [5.41, 5.74) is 5.50. The Bertz CT molecular complexity index is 556. The predicted octanol–water partition coefficient (Wildman–Crippen LogP) is 4.59. The van der Waals surface area contributed by atoms with Crippen LogP contribution in [0.1, 0.15) is 42.4 Å². The topological polar surface area (TPSA) is 15.6 Å². The zero-order valence-corrected chi connectivity index (χ0v) is 13.8. The highest BCUT2D eigenvalue weighted by Crippen LogP contribution is 2.44. The molecule has 1 aliphatic carbocycles. The first-order valence-corrected chi connectivity index (χ1v) is 8.54. The van der Waals surface area contributed by atoms with Crippen molar-refractivity contribution in [3.63, 3.8) is 0 Å². The van der Waals surface area contributed by atoms with Crippen molar-refractivity contribution >= 4 is 22.6 Å². The Kier molecular flexibility index (Phi) is 3.57. The van der Waals surface area contributed by atoms with Gasteiger partial charge in [0.2, 0.25) is 0 Å². The summed E-state index contributed by atoms with van der Waals surface area (Å²) in [5, 5.41) is 1.21. The molecule has 0 atom stereocenters. The first kappa shape index (κ1) is 14.0. The molecule has 0 bridgehead atoms. The number of hydrogen-bond donors (Lipinski definition) is 0. The number of aryl methyl sites for hydroxylation is 2. The van der Waals surface area contributed by atoms with Crippen LogP contribution in [0.3, 0.4) is 0 Å². The summed E-state index contributed by atoms with van der Waals surface area (Å²) < 4.78 is 0. The van der Waals surface area contributed by atoms with Crippen molar-refractivity contribution < 1.29 is 0 Å². The van der Waals surface area contributed by atoms with E-state index in [9.17, 15) is 0 Å². The van der Waals surface area contributed by atoms with E-state index in [0.717, 1.165) is 0 Å². The number of nitrogens with zero attached hydrogens (tertiary/aromatic N) is 2. The van der Waals surface area contributed by atoms with E-state index in [0.29, 0.717) is 5.54 Å². The fraction of sp³-hybridized carbons (Fsp3) is 0.588. The Morgan fingerprint density at radius 2 is 1.75 bits per heavy atom. The molecule has 2 aliphatic rings. The Labute approximate surface area is 126 Å². The molecule has 1 aromatic carbocycles. The van der Waals surface area contributed by atoms with Crippen LogP contribution in [-0.2, 0) is 0 Å². The molecule has 2 fully saturated rings. The molecule has 0 unspecified atom stereocenters. The molecule has 0 radical (unpaired) electrons. The normalized spacial score (nSPS) is 23.2. The quantitative estimate of drug-likeness (QED) is 0.751. The predicted molar refractivity (Wildman–Crippen MR) is 89.2 cm³/mol. The summed E-state index contributed by atoms with van der Waals surface area (Å²) in [6, 6.07) is 4.38. The van der Waals surface area contributed by atoms with E-state index in [1.54, 1.807) is 0 Å². The van der Waals surface area contributed by atoms with Crippen LogP contribution in [0.15, 0.2) is 17.1 Å². The monoisotopic (exact) mass is 288 g/mol. The summed E-state index contributed by atoms with van der Waals surface area (Å²) in [5.74, 6) is 1.21. The zero-order valence-electron chi connectivity index (χ0n) is 13.0. The molecule has 0 N–H and O–H groups in total. The lowest BCUT2D eigenvalue weighted by molar-refractivity contribution is 0.256. The second-order valence-electron chi connectivity index (χ2n) is 6.35. The molecule has 3 rings (SSSR count). The molecule has 1 aliphatic heterocycles. The molecule has 1 saturated carbocycles. The van der Waals surface area contributed by atoms with E-state index in [1.807, 2.05) is 11.8 Å². The molecule has 1 heterocycles. The summed E-state index contributed by atoms with van der Waals surface area (Å²) in [6.45, 7) is 6.52. The van der Waals surface area contributed by atoms with Gasteiger partial charge in [0.1, 0.15) is 0 Å². The van der Waals surface area contributed by atoms with Gasteiger partial charge in [0.05, 0.1) is 11.2 Å². The number of thioether (sulfide) groups is 1. The molecule has 1 spiro atoms. The SMILES string of the molecule is Cc1ccc(C)c(N=C2SCC3(CCCC3)N2C)c1C. The van der Waals surface area contributed by atoms with Gasteiger partial charge in [0.15, 0.2) is 5.17 Å². The maximum atomic E-state index is 5.02. The molecule has 1 saturated heterocycles. The van der Waals surface area contributed by atoms with Crippen LogP contribution in [0, 0.1) is 20.8 Å². The number of aliphatic imine (C=N–C) groups is 1. The van der Waals surface area contributed by atoms with Gasteiger partial charge in [0.25, 0.3) is 0 Å². The standard InChI is InChI=1S/C17H24N2S/c1-12-7-8-13(2)15(14(12)3)18-16-19(4)17(11-20-16)9-5-6-10-17/h7-8H,5-6,9-11H2,1-4H3. The van der Waals surface area contributed by atoms with Crippen LogP contribution in [-0.4, -0.2) is 28.4 Å². The molecule has 2 nitrogen and oxygen atoms in total. The molecular weight excluding hydrogens is 264 g/mol. The second kappa shape index (κ2) is 5.10. The average molecular weight is 288 g/mol. The van der Waals surface area contributed by atoms with E-state index in [2.05, 4.69) is 44.9 Å². The van der Waals surface area contributed by atoms with E-state index >= 15 is 0 Å². The van der Waals surface area contributed by atoms with Crippen molar-refractivity contribution in [3.8, 4) is 0 Å². The lowest BCUT2D eigenvalue weighted by Crippen LogP contribution is -2.42. The van der Waals surface area contributed by atoms with Crippen LogP contribution in [0.4, 0.5) is 5.69 Å². The Morgan fingerprint density at radius 3 is 2.45 bits per heavy atom. The van der Waals surface area contributed by atoms with Gasteiger partial charge in [-0.15, -0.1) is 0 Å². The minimum atomic E-state index is 0.398. The van der Waals surface area contributed by atoms with Gasteiger partial charge < -0.3 is 4.90 Å². The van der Waals surface area contributed by atoms with Crippen LogP contribution < -0.4 is 0 Å². The molecule has 3 heteroatoms. The second-order valence-corrected chi connectivity index (χ2v) is 7.29. The zero-order chi connectivity index (χ0) is 14.3. The van der Waals surface area contributed by atoms with E-state index in [1.165, 1.54) is 59.0 Å². The lowest BCUT2D eigenvalue weighted by Gasteiger charge is -2.32. The van der Waals surface area contributed by atoms with Crippen LogP contribution in [0.25, 0.3) is 0 Å². The van der Waals surface area contributed by atoms with Gasteiger partial charge >= 0.3 is 0 Å². The van der Waals surface area contributed by atoms with Crippen LogP contribution >= 0.6 is 11.8 Å². The molecule has 1 aromatic rings. The summed E-state index contributed by atoms with van der Waals surface area (Å²) in [7, 11) is 2.24. The highest BCUT2D eigenvalue weighted by molar-refractivity contribution is 8.14. The molecular formula is C17H24N2S. The fourth-order valence-corrected chi connectivity index (χ4v) is 4.84. The van der Waals surface area contributed by atoms with Crippen molar-refractivity contribution in [2.24, 2.45) is 4.99 Å². The highest BCUT2D eigenvalue weighted by Gasteiger charge is 2.44. The third-order valence-electron chi connectivity index (χ3n) is 5.11. The lowest BCUT2D eigenvalue weighted by atomic mass is 9.99. The van der Waals surface area contributed by atoms with Crippen molar-refractivity contribution in [2.45, 2.75) is 52.0 Å². The van der Waals surface area contributed by atoms with Crippen LogP contribution in [0.5, 0.6) is 0 Å². The first-order chi connectivity index (χ1) is 9.53. The van der Waals surface area contributed by atoms with E-state index in [-0.39, 0.29) is 0 Å². The Hall–Kier alpha value is -0.960. The summed E-state index contributed by atoms with van der Waals surface area (Å²) in [4.78, 5) is 7.49. The van der Waals surface area contributed by atoms with E-state index < -0.39 is 0 Å². The smallest absolute Gasteiger partial charge is 0.164 e. The van der Waals surface area contributed by atoms with Gasteiger partial charge in [0, 0.05) is 12.8 Å². The van der Waals surface area contributed by atoms with Crippen molar-refractivity contribution in [2.75, 3.05) is 12.8 Å². The first-order valence-electron chi connectivity index (χ1n) is 7.56. The van der Waals surface area contributed by atoms with Crippen molar-refractivity contribution in [1.29, 1.82) is 0 Å². The third kappa shape index (κ3) is 2.16. The van der Waals surface area contributed by atoms with Crippen molar-refractivity contribution in [1.82, 2.24) is 4.90 Å². The van der Waals surface area contributed by atoms with E-state index in [4.69, 9.17) is 4.99 Å². The maximum Gasteiger partial charge on any atom is 0.164 e. The highest BCUT2D eigenvalue weighted by atomic mass is 32.2. The molecule has 0 aromatic heterocycles. The van der Waals surface area contributed by atoms with Gasteiger partial charge in [-0.2, -0.15) is 0 Å². The number of hydrogen-bond acceptors (Lipinski definition) is 2. The van der Waals surface area contributed by atoms with Gasteiger partial charge in [-0.25, -0.2) is 4.99 Å². The molecule has 0 amide bonds. The van der Waals surface area contributed by atoms with Crippen molar-refractivity contribution in [3.05, 3.63) is 28.8 Å². The summed E-state index contributed by atoms with van der Waals surface area (Å²) in [6.07, 6.45) is 5.42. The number of amidine groups is 1. The molecule has 108 valence electrons. The maximum absolute atomic E-state index is 5.02. The third-order valence-corrected chi connectivity index (χ3v) is 6.42. The largest absolute Gasteiger partial charge is 0.348 e. The summed E-state index contributed by atoms with van der Waals surface area (Å²) >= 11 is 1.94. The number of benzene rings is 1. The van der Waals surface area contributed by atoms with Gasteiger partial charge in [-0.05, 0) is 50.3 Å². The van der Waals surface area contributed by atoms with Gasteiger partial charge in [-0.3, -0.25) is 0 Å². The number of rotatable bonds is 1. The Morgan fingerprint density at radius 1 is 1.10 bits per heavy atom. The fourth-order valence-electron chi connectivity index (χ4n) is 3.42. The average Bonchev–Trinajstić information content (AvgIpc) is 3.02. The minimum absolute atomic E-state index is 0.398. The van der Waals surface area contributed by atoms with Crippen LogP contribution in [0.2, 0.25) is 0 Å². The van der Waals surface area contributed by atoms with Gasteiger partial charge in [-0.1, -0.05) is 36.7 Å². The Balaban J connectivity index is 1.96. The molecule has 20 heavy (non-hydrogen) atoms. The minimum Gasteiger partial charge on any atom is -0.348 e.